The molecule has 2 rings (SSSR count). The van der Waals surface area contributed by atoms with Crippen molar-refractivity contribution in [1.29, 1.82) is 0 Å². The van der Waals surface area contributed by atoms with Crippen LogP contribution >= 0.6 is 11.6 Å². The van der Waals surface area contributed by atoms with Crippen LogP contribution in [0, 0.1) is 6.92 Å². The molecule has 0 nitrogen and oxygen atoms in total. The van der Waals surface area contributed by atoms with E-state index in [1.165, 1.54) is 12.1 Å². The summed E-state index contributed by atoms with van der Waals surface area (Å²) in [6.45, 7) is 1.96. The van der Waals surface area contributed by atoms with Crippen molar-refractivity contribution in [1.82, 2.24) is 0 Å². The van der Waals surface area contributed by atoms with E-state index in [9.17, 15) is 13.2 Å². The fourth-order valence-electron chi connectivity index (χ4n) is 2.07. The zero-order valence-corrected chi connectivity index (χ0v) is 11.7. The predicted molar refractivity (Wildman–Crippen MR) is 74.9 cm³/mol. The molecule has 0 fully saturated rings. The van der Waals surface area contributed by atoms with Gasteiger partial charge in [0.15, 0.2) is 0 Å². The second kappa shape index (κ2) is 5.88. The Hall–Kier alpha value is -1.48. The van der Waals surface area contributed by atoms with Gasteiger partial charge >= 0.3 is 6.18 Å². The van der Waals surface area contributed by atoms with Gasteiger partial charge in [-0.1, -0.05) is 48.0 Å². The molecule has 20 heavy (non-hydrogen) atoms. The predicted octanol–water partition coefficient (Wildman–Crippen LogP) is 5.54. The first-order valence-corrected chi connectivity index (χ1v) is 6.67. The summed E-state index contributed by atoms with van der Waals surface area (Å²) in [5, 5.41) is -0.699. The van der Waals surface area contributed by atoms with E-state index in [0.29, 0.717) is 6.42 Å². The van der Waals surface area contributed by atoms with Crippen molar-refractivity contribution in [3.05, 3.63) is 70.8 Å². The maximum atomic E-state index is 12.9. The normalized spacial score (nSPS) is 13.2. The summed E-state index contributed by atoms with van der Waals surface area (Å²) in [5.74, 6) is 0. The molecule has 1 unspecified atom stereocenters. The molecule has 0 N–H and O–H groups in total. The van der Waals surface area contributed by atoms with E-state index in [-0.39, 0.29) is 5.56 Å². The summed E-state index contributed by atoms with van der Waals surface area (Å²) in [5.41, 5.74) is 1.50. The first kappa shape index (κ1) is 14.9. The van der Waals surface area contributed by atoms with Crippen LogP contribution in [0.5, 0.6) is 0 Å². The van der Waals surface area contributed by atoms with E-state index in [2.05, 4.69) is 0 Å². The van der Waals surface area contributed by atoms with Gasteiger partial charge in [-0.05, 0) is 30.5 Å². The van der Waals surface area contributed by atoms with Gasteiger partial charge in [-0.25, -0.2) is 0 Å². The number of halogens is 4. The van der Waals surface area contributed by atoms with Gasteiger partial charge in [0.25, 0.3) is 0 Å². The number of rotatable bonds is 3. The summed E-state index contributed by atoms with van der Waals surface area (Å²) in [7, 11) is 0. The highest BCUT2D eigenvalue weighted by atomic mass is 35.5. The van der Waals surface area contributed by atoms with Gasteiger partial charge in [-0.2, -0.15) is 13.2 Å². The Kier molecular flexibility index (Phi) is 4.39. The van der Waals surface area contributed by atoms with Crippen LogP contribution in [0.25, 0.3) is 0 Å². The molecule has 0 spiro atoms. The van der Waals surface area contributed by atoms with Crippen LogP contribution in [0.15, 0.2) is 48.5 Å². The number of hydrogen-bond donors (Lipinski definition) is 0. The Labute approximate surface area is 121 Å². The summed E-state index contributed by atoms with van der Waals surface area (Å²) in [4.78, 5) is 0. The molecule has 0 aliphatic rings. The third-order valence-corrected chi connectivity index (χ3v) is 3.53. The molecule has 0 aliphatic carbocycles. The first-order chi connectivity index (χ1) is 9.38. The molecule has 0 bridgehead atoms. The second-order valence-corrected chi connectivity index (χ2v) is 5.27. The van der Waals surface area contributed by atoms with E-state index in [0.717, 1.165) is 17.2 Å². The molecule has 4 heteroatoms. The van der Waals surface area contributed by atoms with E-state index in [1.54, 1.807) is 6.07 Å². The van der Waals surface area contributed by atoms with Gasteiger partial charge in [0.1, 0.15) is 0 Å². The largest absolute Gasteiger partial charge is 0.416 e. The molecule has 0 aliphatic heterocycles. The lowest BCUT2D eigenvalue weighted by molar-refractivity contribution is -0.138. The molecule has 1 atom stereocenters. The number of aryl methyl sites for hydroxylation is 1. The van der Waals surface area contributed by atoms with Crippen LogP contribution in [0.3, 0.4) is 0 Å². The van der Waals surface area contributed by atoms with Crippen LogP contribution in [0.2, 0.25) is 0 Å². The van der Waals surface area contributed by atoms with Crippen molar-refractivity contribution < 1.29 is 13.2 Å². The lowest BCUT2D eigenvalue weighted by Gasteiger charge is -2.17. The van der Waals surface area contributed by atoms with Crippen LogP contribution in [0.4, 0.5) is 13.2 Å². The maximum absolute atomic E-state index is 12.9. The fraction of sp³-hybridized carbons (Fsp3) is 0.250. The SMILES string of the molecule is Cc1ccc(CC(Cl)c2ccccc2C(F)(F)F)cc1. The lowest BCUT2D eigenvalue weighted by atomic mass is 9.98. The summed E-state index contributed by atoms with van der Waals surface area (Å²) >= 11 is 6.19. The van der Waals surface area contributed by atoms with E-state index >= 15 is 0 Å². The smallest absolute Gasteiger partial charge is 0.166 e. The third-order valence-electron chi connectivity index (χ3n) is 3.14. The van der Waals surface area contributed by atoms with Crippen LogP contribution < -0.4 is 0 Å². The van der Waals surface area contributed by atoms with Gasteiger partial charge in [0.2, 0.25) is 0 Å². The van der Waals surface area contributed by atoms with Gasteiger partial charge in [0, 0.05) is 0 Å². The van der Waals surface area contributed by atoms with E-state index in [4.69, 9.17) is 11.6 Å². The maximum Gasteiger partial charge on any atom is 0.416 e. The minimum Gasteiger partial charge on any atom is -0.166 e. The molecular weight excluding hydrogens is 285 g/mol. The zero-order chi connectivity index (χ0) is 14.8. The third kappa shape index (κ3) is 3.54. The highest BCUT2D eigenvalue weighted by Crippen LogP contribution is 2.37. The number of benzene rings is 2. The molecule has 106 valence electrons. The minimum atomic E-state index is -4.38. The second-order valence-electron chi connectivity index (χ2n) is 4.74. The molecule has 0 amide bonds. The van der Waals surface area contributed by atoms with Crippen molar-refractivity contribution >= 4 is 11.6 Å². The average Bonchev–Trinajstić information content (AvgIpc) is 2.40. The van der Waals surface area contributed by atoms with Crippen LogP contribution in [-0.2, 0) is 12.6 Å². The van der Waals surface area contributed by atoms with Crippen molar-refractivity contribution in [2.75, 3.05) is 0 Å². The monoisotopic (exact) mass is 298 g/mol. The van der Waals surface area contributed by atoms with Crippen molar-refractivity contribution in [3.63, 3.8) is 0 Å². The van der Waals surface area contributed by atoms with Crippen molar-refractivity contribution in [2.24, 2.45) is 0 Å². The molecule has 0 radical (unpaired) electrons. The average molecular weight is 299 g/mol. The Morgan fingerprint density at radius 2 is 1.60 bits per heavy atom. The fourth-order valence-corrected chi connectivity index (χ4v) is 2.44. The van der Waals surface area contributed by atoms with Crippen molar-refractivity contribution in [2.45, 2.75) is 24.9 Å². The quantitative estimate of drug-likeness (QED) is 0.653. The summed E-state index contributed by atoms with van der Waals surface area (Å²) in [6, 6.07) is 13.1. The van der Waals surface area contributed by atoms with E-state index < -0.39 is 17.1 Å². The van der Waals surface area contributed by atoms with Crippen molar-refractivity contribution in [3.8, 4) is 0 Å². The standard InChI is InChI=1S/C16H14ClF3/c1-11-6-8-12(9-7-11)10-15(17)13-4-2-3-5-14(13)16(18,19)20/h2-9,15H,10H2,1H3. The Morgan fingerprint density at radius 1 is 1.00 bits per heavy atom. The first-order valence-electron chi connectivity index (χ1n) is 6.23. The molecular formula is C16H14ClF3. The Morgan fingerprint density at radius 3 is 2.20 bits per heavy atom. The molecule has 0 saturated heterocycles. The Balaban J connectivity index is 2.25. The zero-order valence-electron chi connectivity index (χ0n) is 10.9. The van der Waals surface area contributed by atoms with Gasteiger partial charge in [-0.15, -0.1) is 11.6 Å². The van der Waals surface area contributed by atoms with Gasteiger partial charge < -0.3 is 0 Å². The lowest BCUT2D eigenvalue weighted by Crippen LogP contribution is -2.11. The van der Waals surface area contributed by atoms with E-state index in [1.807, 2.05) is 31.2 Å². The molecule has 0 saturated carbocycles. The molecule has 0 aromatic heterocycles. The Bertz CT molecular complexity index is 573. The van der Waals surface area contributed by atoms with Gasteiger partial charge in [-0.3, -0.25) is 0 Å². The van der Waals surface area contributed by atoms with Crippen LogP contribution in [0.1, 0.15) is 27.6 Å². The van der Waals surface area contributed by atoms with Crippen LogP contribution in [-0.4, -0.2) is 0 Å². The highest BCUT2D eigenvalue weighted by Gasteiger charge is 2.34. The van der Waals surface area contributed by atoms with Gasteiger partial charge in [0.05, 0.1) is 10.9 Å². The summed E-state index contributed by atoms with van der Waals surface area (Å²) < 4.78 is 38.8. The highest BCUT2D eigenvalue weighted by molar-refractivity contribution is 6.21. The minimum absolute atomic E-state index is 0.127. The topological polar surface area (TPSA) is 0 Å². The molecule has 2 aromatic rings. The molecule has 0 heterocycles. The summed E-state index contributed by atoms with van der Waals surface area (Å²) in [6.07, 6.45) is -4.01. The number of alkyl halides is 4. The number of hydrogen-bond acceptors (Lipinski definition) is 0. The molecule has 2 aromatic carbocycles.